The van der Waals surface area contributed by atoms with Crippen LogP contribution in [0.4, 0.5) is 29.3 Å². The molecule has 13 heteroatoms. The van der Waals surface area contributed by atoms with Gasteiger partial charge in [-0.05, 0) is 46.9 Å². The van der Waals surface area contributed by atoms with Gasteiger partial charge in [-0.25, -0.2) is 23.4 Å². The van der Waals surface area contributed by atoms with Gasteiger partial charge in [0.2, 0.25) is 0 Å². The highest BCUT2D eigenvalue weighted by Crippen LogP contribution is 2.31. The van der Waals surface area contributed by atoms with Gasteiger partial charge in [0.25, 0.3) is 5.91 Å². The maximum Gasteiger partial charge on any atom is 0.343 e. The minimum Gasteiger partial charge on any atom is -0.394 e. The van der Waals surface area contributed by atoms with Crippen LogP contribution in [0.25, 0.3) is 0 Å². The second kappa shape index (κ2) is 12.0. The molecule has 9 nitrogen and oxygen atoms in total. The summed E-state index contributed by atoms with van der Waals surface area (Å²) in [5.41, 5.74) is 0.319. The maximum atomic E-state index is 15.1. The van der Waals surface area contributed by atoms with Gasteiger partial charge in [0.15, 0.2) is 11.6 Å². The second-order valence-corrected chi connectivity index (χ2v) is 7.98. The predicted octanol–water partition coefficient (Wildman–Crippen LogP) is 3.15. The van der Waals surface area contributed by atoms with Gasteiger partial charge >= 0.3 is 6.03 Å². The van der Waals surface area contributed by atoms with Crippen LogP contribution < -0.4 is 10.8 Å². The Morgan fingerprint density at radius 1 is 1.15 bits per heavy atom. The molecule has 0 aliphatic rings. The van der Waals surface area contributed by atoms with E-state index in [0.29, 0.717) is 3.57 Å². The molecule has 0 saturated heterocycles. The molecule has 2 aromatic rings. The summed E-state index contributed by atoms with van der Waals surface area (Å²) in [7, 11) is 4.04. The van der Waals surface area contributed by atoms with Gasteiger partial charge in [-0.2, -0.15) is 5.06 Å². The Hall–Kier alpha value is -2.62. The highest BCUT2D eigenvalue weighted by atomic mass is 127. The van der Waals surface area contributed by atoms with Crippen LogP contribution in [0.15, 0.2) is 24.3 Å². The van der Waals surface area contributed by atoms with Gasteiger partial charge in [-0.1, -0.05) is 0 Å². The Balaban J connectivity index is 2.54. The Kier molecular flexibility index (Phi) is 9.70. The van der Waals surface area contributed by atoms with Crippen LogP contribution in [-0.2, 0) is 16.2 Å². The summed E-state index contributed by atoms with van der Waals surface area (Å²) in [4.78, 5) is 35.7. The molecule has 0 aromatic heterocycles. The number of aliphatic hydroxyl groups excluding tert-OH is 1. The number of urea groups is 1. The van der Waals surface area contributed by atoms with E-state index in [1.54, 1.807) is 0 Å². The molecule has 33 heavy (non-hydrogen) atoms. The molecule has 0 spiro atoms. The second-order valence-electron chi connectivity index (χ2n) is 6.73. The average Bonchev–Trinajstić information content (AvgIpc) is 2.77. The number of hydroxylamine groups is 3. The van der Waals surface area contributed by atoms with Crippen LogP contribution >= 0.6 is 22.6 Å². The van der Waals surface area contributed by atoms with Crippen molar-refractivity contribution in [1.82, 2.24) is 15.4 Å². The van der Waals surface area contributed by atoms with Crippen LogP contribution in [0.2, 0.25) is 0 Å². The summed E-state index contributed by atoms with van der Waals surface area (Å²) < 4.78 is 44.9. The zero-order chi connectivity index (χ0) is 24.7. The van der Waals surface area contributed by atoms with Gasteiger partial charge in [-0.3, -0.25) is 14.5 Å². The van der Waals surface area contributed by atoms with E-state index in [-0.39, 0.29) is 17.9 Å². The third-order valence-corrected chi connectivity index (χ3v) is 4.88. The van der Waals surface area contributed by atoms with Crippen molar-refractivity contribution in [3.8, 4) is 0 Å². The summed E-state index contributed by atoms with van der Waals surface area (Å²) in [6.07, 6.45) is 0. The average molecular weight is 582 g/mol. The third kappa shape index (κ3) is 6.69. The molecule has 0 saturated carbocycles. The van der Waals surface area contributed by atoms with Crippen LogP contribution in [0.1, 0.15) is 15.9 Å². The first-order valence-corrected chi connectivity index (χ1v) is 10.5. The van der Waals surface area contributed by atoms with Gasteiger partial charge in [0.05, 0.1) is 43.8 Å². The number of benzene rings is 2. The topological polar surface area (TPSA) is 103 Å². The Labute approximate surface area is 201 Å². The molecule has 3 N–H and O–H groups in total. The van der Waals surface area contributed by atoms with Crippen molar-refractivity contribution in [2.75, 3.05) is 39.7 Å². The number of hydrogen-bond donors (Lipinski definition) is 3. The lowest BCUT2D eigenvalue weighted by Gasteiger charge is -2.24. The lowest BCUT2D eigenvalue weighted by Crippen LogP contribution is -2.38. The first-order chi connectivity index (χ1) is 15.6. The number of hydrogen-bond acceptors (Lipinski definition) is 6. The molecule has 0 heterocycles. The number of aliphatic hydroxyl groups is 1. The summed E-state index contributed by atoms with van der Waals surface area (Å²) in [6, 6.07) is 4.32. The zero-order valence-electron chi connectivity index (χ0n) is 17.9. The number of rotatable bonds is 9. The monoisotopic (exact) mass is 582 g/mol. The molecule has 2 aromatic carbocycles. The number of amides is 3. The summed E-state index contributed by atoms with van der Waals surface area (Å²) in [5.74, 6) is -4.60. The molecule has 3 amide bonds. The third-order valence-electron chi connectivity index (χ3n) is 4.21. The molecule has 0 bridgehead atoms. The fourth-order valence-electron chi connectivity index (χ4n) is 2.63. The molecule has 0 unspecified atom stereocenters. The van der Waals surface area contributed by atoms with Crippen molar-refractivity contribution < 1.29 is 37.5 Å². The number of carbonyl (C=O) groups is 2. The van der Waals surface area contributed by atoms with Gasteiger partial charge < -0.3 is 15.3 Å². The fraction of sp³-hybridized carbons (Fsp3) is 0.300. The van der Waals surface area contributed by atoms with Crippen LogP contribution in [0.3, 0.4) is 0 Å². The summed E-state index contributed by atoms with van der Waals surface area (Å²) in [6.45, 7) is -1.20. The summed E-state index contributed by atoms with van der Waals surface area (Å²) in [5, 5.41) is 12.0. The number of nitrogens with zero attached hydrogens (tertiary/aromatic N) is 2. The minimum atomic E-state index is -1.48. The van der Waals surface area contributed by atoms with E-state index in [0.717, 1.165) is 16.0 Å². The van der Waals surface area contributed by atoms with Crippen molar-refractivity contribution >= 4 is 45.9 Å². The highest BCUT2D eigenvalue weighted by Gasteiger charge is 2.26. The smallest absolute Gasteiger partial charge is 0.343 e. The van der Waals surface area contributed by atoms with Crippen molar-refractivity contribution in [3.05, 3.63) is 56.4 Å². The van der Waals surface area contributed by atoms with Gasteiger partial charge in [0.1, 0.15) is 5.82 Å². The van der Waals surface area contributed by atoms with E-state index in [4.69, 9.17) is 14.8 Å². The highest BCUT2D eigenvalue weighted by molar-refractivity contribution is 14.1. The molecule has 0 aliphatic carbocycles. The Morgan fingerprint density at radius 3 is 2.42 bits per heavy atom. The minimum absolute atomic E-state index is 0.201. The van der Waals surface area contributed by atoms with E-state index in [1.165, 1.54) is 39.4 Å². The first-order valence-electron chi connectivity index (χ1n) is 9.39. The Morgan fingerprint density at radius 2 is 1.85 bits per heavy atom. The lowest BCUT2D eigenvalue weighted by molar-refractivity contribution is -0.101. The molecule has 0 fully saturated rings. The normalized spacial score (nSPS) is 10.7. The van der Waals surface area contributed by atoms with Crippen molar-refractivity contribution in [2.24, 2.45) is 0 Å². The van der Waals surface area contributed by atoms with E-state index >= 15 is 4.39 Å². The van der Waals surface area contributed by atoms with Crippen LogP contribution in [0, 0.1) is 21.0 Å². The van der Waals surface area contributed by atoms with Gasteiger partial charge in [0, 0.05) is 23.2 Å². The number of anilines is 2. The molecule has 0 atom stereocenters. The molecular weight excluding hydrogens is 560 g/mol. The fourth-order valence-corrected chi connectivity index (χ4v) is 3.08. The molecule has 180 valence electrons. The molecule has 0 radical (unpaired) electrons. The SMILES string of the molecule is CON(Cc1cc(C(=O)NOCCO)c(Nc2ccc(I)cc2F)c(F)c1F)C(=O)N(C)C. The van der Waals surface area contributed by atoms with Crippen molar-refractivity contribution in [3.63, 3.8) is 0 Å². The van der Waals surface area contributed by atoms with Gasteiger partial charge in [-0.15, -0.1) is 0 Å². The molecule has 0 aliphatic heterocycles. The number of nitrogens with one attached hydrogen (secondary N) is 2. The van der Waals surface area contributed by atoms with Crippen LogP contribution in [-0.4, -0.2) is 61.4 Å². The Bertz CT molecular complexity index is 1030. The molecule has 2 rings (SSSR count). The van der Waals surface area contributed by atoms with E-state index in [1.807, 2.05) is 28.1 Å². The lowest BCUT2D eigenvalue weighted by atomic mass is 10.1. The van der Waals surface area contributed by atoms with E-state index in [9.17, 15) is 18.4 Å². The molecular formula is C20H22F3IN4O5. The van der Waals surface area contributed by atoms with Crippen molar-refractivity contribution in [2.45, 2.75) is 6.54 Å². The van der Waals surface area contributed by atoms with Crippen LogP contribution in [0.5, 0.6) is 0 Å². The predicted molar refractivity (Wildman–Crippen MR) is 121 cm³/mol. The maximum absolute atomic E-state index is 15.1. The van der Waals surface area contributed by atoms with E-state index in [2.05, 4.69) is 5.32 Å². The standard InChI is InChI=1S/C20H22F3IN4O5/c1-27(2)20(31)28(32-3)10-11-8-13(19(30)26-33-7-6-29)18(17(23)16(11)22)25-15-5-4-12(24)9-14(15)21/h4-5,8-9,25,29H,6-7,10H2,1-3H3,(H,26,30). The quantitative estimate of drug-likeness (QED) is 0.239. The van der Waals surface area contributed by atoms with Crippen molar-refractivity contribution in [1.29, 1.82) is 0 Å². The summed E-state index contributed by atoms with van der Waals surface area (Å²) >= 11 is 1.88. The van der Waals surface area contributed by atoms with E-state index < -0.39 is 53.8 Å². The largest absolute Gasteiger partial charge is 0.394 e. The zero-order valence-corrected chi connectivity index (χ0v) is 20.1. The first kappa shape index (κ1) is 26.6. The number of halogens is 4. The number of carbonyl (C=O) groups excluding carboxylic acids is 2.